The third-order valence-electron chi connectivity index (χ3n) is 4.09. The Labute approximate surface area is 109 Å². The summed E-state index contributed by atoms with van der Waals surface area (Å²) < 4.78 is 0. The first-order valence-electron chi connectivity index (χ1n) is 7.68. The van der Waals surface area contributed by atoms with Crippen molar-refractivity contribution in [2.75, 3.05) is 13.1 Å². The van der Waals surface area contributed by atoms with Crippen LogP contribution in [0.2, 0.25) is 0 Å². The lowest BCUT2D eigenvalue weighted by Gasteiger charge is -2.42. The van der Waals surface area contributed by atoms with E-state index in [0.717, 1.165) is 11.3 Å². The number of nitrogens with one attached hydrogen (secondary N) is 1. The van der Waals surface area contributed by atoms with Gasteiger partial charge in [-0.05, 0) is 62.9 Å². The number of hydrogen-bond donors (Lipinski definition) is 1. The van der Waals surface area contributed by atoms with E-state index >= 15 is 0 Å². The van der Waals surface area contributed by atoms with Gasteiger partial charge in [0.25, 0.3) is 0 Å². The van der Waals surface area contributed by atoms with Crippen molar-refractivity contribution in [2.45, 2.75) is 66.2 Å². The lowest BCUT2D eigenvalue weighted by Crippen LogP contribution is -2.38. The van der Waals surface area contributed by atoms with Gasteiger partial charge in [-0.25, -0.2) is 0 Å². The number of hydrogen-bond acceptors (Lipinski definition) is 1. The third-order valence-corrected chi connectivity index (χ3v) is 4.09. The van der Waals surface area contributed by atoms with Crippen LogP contribution in [-0.4, -0.2) is 13.1 Å². The SMILES string of the molecule is C=CC1CCC2(CCNCC2)CC1.CC.CC. The van der Waals surface area contributed by atoms with Crippen LogP contribution in [0.15, 0.2) is 12.7 Å². The Hall–Kier alpha value is -0.300. The largest absolute Gasteiger partial charge is 0.317 e. The molecule has 17 heavy (non-hydrogen) atoms. The Morgan fingerprint density at radius 2 is 1.41 bits per heavy atom. The minimum absolute atomic E-state index is 0.727. The van der Waals surface area contributed by atoms with Crippen molar-refractivity contribution in [3.8, 4) is 0 Å². The maximum atomic E-state index is 3.91. The maximum Gasteiger partial charge on any atom is -0.00436 e. The van der Waals surface area contributed by atoms with Gasteiger partial charge in [0, 0.05) is 0 Å². The molecule has 0 amide bonds. The summed E-state index contributed by atoms with van der Waals surface area (Å²) >= 11 is 0. The van der Waals surface area contributed by atoms with Crippen LogP contribution in [0.4, 0.5) is 0 Å². The monoisotopic (exact) mass is 239 g/mol. The first kappa shape index (κ1) is 16.7. The van der Waals surface area contributed by atoms with E-state index in [9.17, 15) is 0 Å². The third kappa shape index (κ3) is 5.25. The Bertz CT molecular complexity index is 170. The number of rotatable bonds is 1. The smallest absolute Gasteiger partial charge is 0.00436 e. The molecule has 0 bridgehead atoms. The van der Waals surface area contributed by atoms with E-state index in [4.69, 9.17) is 0 Å². The fourth-order valence-corrected chi connectivity index (χ4v) is 2.95. The van der Waals surface area contributed by atoms with Crippen molar-refractivity contribution in [1.29, 1.82) is 0 Å². The zero-order valence-corrected chi connectivity index (χ0v) is 12.5. The fraction of sp³-hybridized carbons (Fsp3) is 0.875. The van der Waals surface area contributed by atoms with Crippen LogP contribution in [0, 0.1) is 11.3 Å². The van der Waals surface area contributed by atoms with Gasteiger partial charge in [0.05, 0.1) is 0 Å². The first-order valence-corrected chi connectivity index (χ1v) is 7.68. The molecular weight excluding hydrogens is 206 g/mol. The predicted molar refractivity (Wildman–Crippen MR) is 79.4 cm³/mol. The average Bonchev–Trinajstić information content (AvgIpc) is 2.45. The van der Waals surface area contributed by atoms with Gasteiger partial charge in [-0.15, -0.1) is 6.58 Å². The highest BCUT2D eigenvalue weighted by Crippen LogP contribution is 2.45. The molecule has 1 aliphatic heterocycles. The van der Waals surface area contributed by atoms with E-state index < -0.39 is 0 Å². The molecule has 1 N–H and O–H groups in total. The highest BCUT2D eigenvalue weighted by molar-refractivity contribution is 4.93. The van der Waals surface area contributed by atoms with E-state index in [1.165, 1.54) is 51.6 Å². The zero-order chi connectivity index (χ0) is 13.1. The first-order chi connectivity index (χ1) is 8.35. The van der Waals surface area contributed by atoms with Gasteiger partial charge >= 0.3 is 0 Å². The standard InChI is InChI=1S/C12H21N.2C2H6/c1-2-11-3-5-12(6-4-11)7-9-13-10-8-12;2*1-2/h2,11,13H,1,3-10H2;2*1-2H3. The lowest BCUT2D eigenvalue weighted by atomic mass is 9.66. The summed E-state index contributed by atoms with van der Waals surface area (Å²) in [7, 11) is 0. The minimum Gasteiger partial charge on any atom is -0.317 e. The Kier molecular flexibility index (Phi) is 9.53. The van der Waals surface area contributed by atoms with E-state index in [-0.39, 0.29) is 0 Å². The van der Waals surface area contributed by atoms with Crippen molar-refractivity contribution in [3.63, 3.8) is 0 Å². The van der Waals surface area contributed by atoms with E-state index in [1.807, 2.05) is 27.7 Å². The molecule has 0 aromatic heterocycles. The summed E-state index contributed by atoms with van der Waals surface area (Å²) in [5.74, 6) is 0.820. The molecule has 0 radical (unpaired) electrons. The fourth-order valence-electron chi connectivity index (χ4n) is 2.95. The van der Waals surface area contributed by atoms with Crippen molar-refractivity contribution in [3.05, 3.63) is 12.7 Å². The van der Waals surface area contributed by atoms with Crippen molar-refractivity contribution < 1.29 is 0 Å². The topological polar surface area (TPSA) is 12.0 Å². The van der Waals surface area contributed by atoms with Gasteiger partial charge in [0.1, 0.15) is 0 Å². The van der Waals surface area contributed by atoms with Gasteiger partial charge in [-0.2, -0.15) is 0 Å². The minimum atomic E-state index is 0.727. The summed E-state index contributed by atoms with van der Waals surface area (Å²) in [5, 5.41) is 3.46. The molecule has 1 nitrogen and oxygen atoms in total. The van der Waals surface area contributed by atoms with Crippen LogP contribution < -0.4 is 5.32 Å². The second-order valence-corrected chi connectivity index (χ2v) is 4.82. The highest BCUT2D eigenvalue weighted by Gasteiger charge is 2.35. The normalized spacial score (nSPS) is 22.8. The highest BCUT2D eigenvalue weighted by atomic mass is 14.9. The van der Waals surface area contributed by atoms with Crippen molar-refractivity contribution in [2.24, 2.45) is 11.3 Å². The summed E-state index contributed by atoms with van der Waals surface area (Å²) in [6.45, 7) is 14.4. The molecule has 0 aromatic carbocycles. The molecule has 0 atom stereocenters. The molecule has 102 valence electrons. The van der Waals surface area contributed by atoms with Crippen LogP contribution in [0.1, 0.15) is 66.2 Å². The predicted octanol–water partition coefficient (Wildman–Crippen LogP) is 4.78. The van der Waals surface area contributed by atoms with Gasteiger partial charge in [0.15, 0.2) is 0 Å². The average molecular weight is 239 g/mol. The summed E-state index contributed by atoms with van der Waals surface area (Å²) in [6, 6.07) is 0. The Morgan fingerprint density at radius 3 is 1.82 bits per heavy atom. The van der Waals surface area contributed by atoms with E-state index in [2.05, 4.69) is 18.0 Å². The van der Waals surface area contributed by atoms with Crippen LogP contribution in [0.5, 0.6) is 0 Å². The molecule has 1 heterocycles. The molecule has 0 aromatic rings. The Balaban J connectivity index is 0.000000581. The second-order valence-electron chi connectivity index (χ2n) is 4.82. The molecule has 0 unspecified atom stereocenters. The van der Waals surface area contributed by atoms with Gasteiger partial charge < -0.3 is 5.32 Å². The maximum absolute atomic E-state index is 3.91. The number of piperidine rings is 1. The summed E-state index contributed by atoms with van der Waals surface area (Å²) in [4.78, 5) is 0. The van der Waals surface area contributed by atoms with Crippen LogP contribution in [0.25, 0.3) is 0 Å². The zero-order valence-electron chi connectivity index (χ0n) is 12.5. The second kappa shape index (κ2) is 9.70. The molecule has 1 saturated carbocycles. The van der Waals surface area contributed by atoms with Gasteiger partial charge in [0.2, 0.25) is 0 Å². The molecule has 2 aliphatic rings. The van der Waals surface area contributed by atoms with E-state index in [1.54, 1.807) is 0 Å². The lowest BCUT2D eigenvalue weighted by molar-refractivity contribution is 0.117. The van der Waals surface area contributed by atoms with Crippen LogP contribution >= 0.6 is 0 Å². The van der Waals surface area contributed by atoms with Crippen molar-refractivity contribution >= 4 is 0 Å². The molecule has 1 heteroatoms. The Morgan fingerprint density at radius 1 is 0.941 bits per heavy atom. The molecule has 1 aliphatic carbocycles. The van der Waals surface area contributed by atoms with Crippen LogP contribution in [0.3, 0.4) is 0 Å². The van der Waals surface area contributed by atoms with Crippen molar-refractivity contribution in [1.82, 2.24) is 5.32 Å². The number of allylic oxidation sites excluding steroid dienone is 1. The molecule has 2 rings (SSSR count). The van der Waals surface area contributed by atoms with E-state index in [0.29, 0.717) is 0 Å². The molecule has 1 spiro atoms. The molecule has 2 fully saturated rings. The molecular formula is C16H33N. The van der Waals surface area contributed by atoms with Gasteiger partial charge in [-0.3, -0.25) is 0 Å². The summed E-state index contributed by atoms with van der Waals surface area (Å²) in [6.07, 6.45) is 10.7. The summed E-state index contributed by atoms with van der Waals surface area (Å²) in [5.41, 5.74) is 0.727. The quantitative estimate of drug-likeness (QED) is 0.649. The molecule has 1 saturated heterocycles. The van der Waals surface area contributed by atoms with Gasteiger partial charge in [-0.1, -0.05) is 33.8 Å². The van der Waals surface area contributed by atoms with Crippen LogP contribution in [-0.2, 0) is 0 Å².